The highest BCUT2D eigenvalue weighted by molar-refractivity contribution is 5.90. The summed E-state index contributed by atoms with van der Waals surface area (Å²) in [4.78, 5) is 7.53. The zero-order chi connectivity index (χ0) is 11.0. The highest BCUT2D eigenvalue weighted by atomic mass is 14.9. The molecule has 3 rings (SSSR count). The van der Waals surface area contributed by atoms with Crippen LogP contribution in [0.25, 0.3) is 16.6 Å². The molecule has 0 radical (unpaired) electrons. The van der Waals surface area contributed by atoms with Crippen LogP contribution in [-0.2, 0) is 0 Å². The minimum Gasteiger partial charge on any atom is -0.390 e. The van der Waals surface area contributed by atoms with Gasteiger partial charge in [0, 0.05) is 36.1 Å². The second-order valence-corrected chi connectivity index (χ2v) is 4.49. The van der Waals surface area contributed by atoms with Gasteiger partial charge in [-0.05, 0) is 30.0 Å². The summed E-state index contributed by atoms with van der Waals surface area (Å²) in [6.07, 6.45) is 7.15. The molecule has 82 valence electrons. The Morgan fingerprint density at radius 1 is 1.44 bits per heavy atom. The van der Waals surface area contributed by atoms with Crippen LogP contribution in [-0.4, -0.2) is 16.5 Å². The summed E-state index contributed by atoms with van der Waals surface area (Å²) in [7, 11) is 0. The van der Waals surface area contributed by atoms with Crippen LogP contribution >= 0.6 is 0 Å². The first-order valence-electron chi connectivity index (χ1n) is 5.69. The summed E-state index contributed by atoms with van der Waals surface area (Å²) in [5.74, 6) is 0.696. The van der Waals surface area contributed by atoms with E-state index in [9.17, 15) is 0 Å². The summed E-state index contributed by atoms with van der Waals surface area (Å²) >= 11 is 0. The lowest BCUT2D eigenvalue weighted by molar-refractivity contribution is 0.551. The van der Waals surface area contributed by atoms with Crippen LogP contribution in [0.15, 0.2) is 30.7 Å². The number of nitrogens with zero attached hydrogens (tertiary/aromatic N) is 1. The average Bonchev–Trinajstić information content (AvgIpc) is 2.72. The van der Waals surface area contributed by atoms with Crippen molar-refractivity contribution in [1.29, 1.82) is 0 Å². The van der Waals surface area contributed by atoms with Gasteiger partial charge in [-0.15, -0.1) is 0 Å². The standard InChI is InChI=1S/C13H15N3/c1-9-5-10(7-14-6-9)12-8-16-13-11(12)3-2-4-15-13/h2-4,7-9,14H,5-6H2,1H3,(H,15,16)/t9-/m1/s1. The Balaban J connectivity index is 2.09. The van der Waals surface area contributed by atoms with Crippen LogP contribution in [0.5, 0.6) is 0 Å². The quantitative estimate of drug-likeness (QED) is 0.764. The van der Waals surface area contributed by atoms with Gasteiger partial charge >= 0.3 is 0 Å². The summed E-state index contributed by atoms with van der Waals surface area (Å²) in [6, 6.07) is 4.11. The number of aromatic amines is 1. The maximum Gasteiger partial charge on any atom is 0.137 e. The van der Waals surface area contributed by atoms with Gasteiger partial charge in [0.05, 0.1) is 0 Å². The Morgan fingerprint density at radius 3 is 3.25 bits per heavy atom. The number of hydrogen-bond donors (Lipinski definition) is 2. The summed E-state index contributed by atoms with van der Waals surface area (Å²) in [5, 5.41) is 4.55. The molecule has 2 aromatic heterocycles. The predicted octanol–water partition coefficient (Wildman–Crippen LogP) is 2.53. The lowest BCUT2D eigenvalue weighted by Gasteiger charge is -2.20. The van der Waals surface area contributed by atoms with Crippen molar-refractivity contribution in [3.8, 4) is 0 Å². The number of nitrogens with one attached hydrogen (secondary N) is 2. The number of aromatic nitrogens is 2. The number of H-pyrrole nitrogens is 1. The molecule has 1 aliphatic heterocycles. The van der Waals surface area contributed by atoms with Crippen LogP contribution in [0.4, 0.5) is 0 Å². The van der Waals surface area contributed by atoms with E-state index in [1.807, 2.05) is 12.3 Å². The molecule has 0 saturated heterocycles. The lowest BCUT2D eigenvalue weighted by atomic mass is 9.94. The highest BCUT2D eigenvalue weighted by Gasteiger charge is 2.15. The fourth-order valence-corrected chi connectivity index (χ4v) is 2.30. The molecule has 0 aromatic carbocycles. The van der Waals surface area contributed by atoms with Gasteiger partial charge in [-0.2, -0.15) is 0 Å². The second kappa shape index (κ2) is 3.67. The molecule has 0 amide bonds. The minimum absolute atomic E-state index is 0.696. The van der Waals surface area contributed by atoms with Gasteiger partial charge in [-0.1, -0.05) is 6.92 Å². The Hall–Kier alpha value is -1.77. The van der Waals surface area contributed by atoms with Crippen LogP contribution < -0.4 is 5.32 Å². The molecule has 0 fully saturated rings. The van der Waals surface area contributed by atoms with Crippen LogP contribution in [0.2, 0.25) is 0 Å². The SMILES string of the molecule is C[C@H]1CNC=C(c2c[nH]c3ncccc23)C1. The van der Waals surface area contributed by atoms with Crippen molar-refractivity contribution in [2.45, 2.75) is 13.3 Å². The van der Waals surface area contributed by atoms with Crippen molar-refractivity contribution < 1.29 is 0 Å². The molecule has 0 unspecified atom stereocenters. The van der Waals surface area contributed by atoms with Gasteiger partial charge in [0.2, 0.25) is 0 Å². The van der Waals surface area contributed by atoms with Gasteiger partial charge in [-0.25, -0.2) is 4.98 Å². The van der Waals surface area contributed by atoms with E-state index in [4.69, 9.17) is 0 Å². The molecule has 0 saturated carbocycles. The Morgan fingerprint density at radius 2 is 2.38 bits per heavy atom. The normalized spacial score (nSPS) is 20.6. The van der Waals surface area contributed by atoms with E-state index in [2.05, 4.69) is 40.7 Å². The molecule has 2 N–H and O–H groups in total. The van der Waals surface area contributed by atoms with Crippen molar-refractivity contribution in [3.63, 3.8) is 0 Å². The van der Waals surface area contributed by atoms with Gasteiger partial charge in [0.15, 0.2) is 0 Å². The number of hydrogen-bond acceptors (Lipinski definition) is 2. The van der Waals surface area contributed by atoms with E-state index in [0.29, 0.717) is 5.92 Å². The van der Waals surface area contributed by atoms with Gasteiger partial charge in [0.25, 0.3) is 0 Å². The van der Waals surface area contributed by atoms with E-state index < -0.39 is 0 Å². The van der Waals surface area contributed by atoms with Crippen LogP contribution in [0, 0.1) is 5.92 Å². The molecule has 16 heavy (non-hydrogen) atoms. The molecule has 1 aliphatic rings. The van der Waals surface area contributed by atoms with Gasteiger partial charge in [-0.3, -0.25) is 0 Å². The maximum atomic E-state index is 4.31. The Kier molecular flexibility index (Phi) is 2.17. The van der Waals surface area contributed by atoms with Crippen molar-refractivity contribution in [2.24, 2.45) is 5.92 Å². The lowest BCUT2D eigenvalue weighted by Crippen LogP contribution is -2.21. The molecule has 1 atom stereocenters. The first-order valence-corrected chi connectivity index (χ1v) is 5.69. The average molecular weight is 213 g/mol. The van der Waals surface area contributed by atoms with E-state index in [0.717, 1.165) is 18.6 Å². The van der Waals surface area contributed by atoms with Crippen molar-refractivity contribution in [2.75, 3.05) is 6.54 Å². The van der Waals surface area contributed by atoms with Gasteiger partial charge < -0.3 is 10.3 Å². The monoisotopic (exact) mass is 213 g/mol. The zero-order valence-corrected chi connectivity index (χ0v) is 9.33. The third-order valence-electron chi connectivity index (χ3n) is 3.11. The topological polar surface area (TPSA) is 40.7 Å². The molecular weight excluding hydrogens is 198 g/mol. The summed E-state index contributed by atoms with van der Waals surface area (Å²) in [6.45, 7) is 3.34. The maximum absolute atomic E-state index is 4.31. The number of pyridine rings is 1. The minimum atomic E-state index is 0.696. The molecule has 0 spiro atoms. The fourth-order valence-electron chi connectivity index (χ4n) is 2.30. The van der Waals surface area contributed by atoms with Crippen molar-refractivity contribution in [1.82, 2.24) is 15.3 Å². The molecular formula is C13H15N3. The number of rotatable bonds is 1. The van der Waals surface area contributed by atoms with E-state index in [1.165, 1.54) is 16.5 Å². The largest absolute Gasteiger partial charge is 0.390 e. The van der Waals surface area contributed by atoms with Gasteiger partial charge in [0.1, 0.15) is 5.65 Å². The summed E-state index contributed by atoms with van der Waals surface area (Å²) in [5.41, 5.74) is 3.62. The number of allylic oxidation sites excluding steroid dienone is 1. The van der Waals surface area contributed by atoms with E-state index >= 15 is 0 Å². The Labute approximate surface area is 94.6 Å². The van der Waals surface area contributed by atoms with Crippen molar-refractivity contribution in [3.05, 3.63) is 36.3 Å². The molecule has 3 nitrogen and oxygen atoms in total. The smallest absolute Gasteiger partial charge is 0.137 e. The molecule has 3 heterocycles. The third kappa shape index (κ3) is 1.48. The van der Waals surface area contributed by atoms with E-state index in [1.54, 1.807) is 0 Å². The number of fused-ring (bicyclic) bond motifs is 1. The molecule has 3 heteroatoms. The summed E-state index contributed by atoms with van der Waals surface area (Å²) < 4.78 is 0. The first-order chi connectivity index (χ1) is 7.84. The predicted molar refractivity (Wildman–Crippen MR) is 65.9 cm³/mol. The third-order valence-corrected chi connectivity index (χ3v) is 3.11. The van der Waals surface area contributed by atoms with E-state index in [-0.39, 0.29) is 0 Å². The molecule has 2 aromatic rings. The van der Waals surface area contributed by atoms with Crippen molar-refractivity contribution >= 4 is 16.6 Å². The first kappa shape index (κ1) is 9.46. The zero-order valence-electron chi connectivity index (χ0n) is 9.33. The highest BCUT2D eigenvalue weighted by Crippen LogP contribution is 2.29. The van der Waals surface area contributed by atoms with Crippen LogP contribution in [0.3, 0.4) is 0 Å². The Bertz CT molecular complexity index is 539. The fraction of sp³-hybridized carbons (Fsp3) is 0.308. The molecule has 0 aliphatic carbocycles. The van der Waals surface area contributed by atoms with Crippen LogP contribution in [0.1, 0.15) is 18.9 Å². The second-order valence-electron chi connectivity index (χ2n) is 4.49. The molecule has 0 bridgehead atoms.